The number of amides is 1. The van der Waals surface area contributed by atoms with E-state index in [0.717, 1.165) is 5.56 Å². The number of nitrogens with zero attached hydrogens (tertiary/aromatic N) is 1. The first-order chi connectivity index (χ1) is 11.5. The maximum atomic E-state index is 14.3. The Morgan fingerprint density at radius 3 is 2.38 bits per heavy atom. The van der Waals surface area contributed by atoms with Crippen LogP contribution in [-0.2, 0) is 16.1 Å². The zero-order valence-corrected chi connectivity index (χ0v) is 13.1. The molecule has 5 heteroatoms. The molecule has 0 aromatic heterocycles. The second kappa shape index (κ2) is 6.28. The number of hydrogen-bond acceptors (Lipinski definition) is 3. The summed E-state index contributed by atoms with van der Waals surface area (Å²) < 4.78 is 14.3. The number of hydrogen-bond donors (Lipinski definition) is 1. The maximum Gasteiger partial charge on any atom is 0.290 e. The minimum Gasteiger partial charge on any atom is -0.503 e. The van der Waals surface area contributed by atoms with Gasteiger partial charge in [-0.1, -0.05) is 48.5 Å². The smallest absolute Gasteiger partial charge is 0.290 e. The fourth-order valence-corrected chi connectivity index (χ4v) is 2.98. The third-order valence-corrected chi connectivity index (χ3v) is 4.08. The summed E-state index contributed by atoms with van der Waals surface area (Å²) in [5, 5.41) is 10.1. The molecule has 2 aromatic carbocycles. The van der Waals surface area contributed by atoms with Gasteiger partial charge in [-0.15, -0.1) is 0 Å². The Labute approximate surface area is 138 Å². The van der Waals surface area contributed by atoms with Crippen molar-refractivity contribution in [1.82, 2.24) is 4.90 Å². The van der Waals surface area contributed by atoms with Crippen LogP contribution in [0.1, 0.15) is 24.1 Å². The first-order valence-electron chi connectivity index (χ1n) is 7.54. The molecule has 2 aromatic rings. The largest absolute Gasteiger partial charge is 0.503 e. The lowest BCUT2D eigenvalue weighted by Crippen LogP contribution is -2.31. The van der Waals surface area contributed by atoms with Gasteiger partial charge in [-0.05, 0) is 18.6 Å². The number of Topliss-reactive ketones (excluding diaryl/α,β-unsaturated/α-hetero) is 1. The highest BCUT2D eigenvalue weighted by molar-refractivity contribution is 6.08. The van der Waals surface area contributed by atoms with E-state index < -0.39 is 29.3 Å². The lowest BCUT2D eigenvalue weighted by Gasteiger charge is -2.27. The number of rotatable bonds is 4. The van der Waals surface area contributed by atoms with Crippen LogP contribution in [0.4, 0.5) is 4.39 Å². The Balaban J connectivity index is 2.09. The number of benzene rings is 2. The average molecular weight is 325 g/mol. The molecule has 0 saturated carbocycles. The van der Waals surface area contributed by atoms with Gasteiger partial charge in [0.05, 0.1) is 11.6 Å². The monoisotopic (exact) mass is 325 g/mol. The van der Waals surface area contributed by atoms with Crippen LogP contribution < -0.4 is 0 Å². The summed E-state index contributed by atoms with van der Waals surface area (Å²) in [6.45, 7) is 1.43. The first kappa shape index (κ1) is 15.9. The molecule has 0 radical (unpaired) electrons. The third kappa shape index (κ3) is 2.69. The van der Waals surface area contributed by atoms with Gasteiger partial charge in [0.2, 0.25) is 0 Å². The lowest BCUT2D eigenvalue weighted by atomic mass is 9.96. The molecule has 0 fully saturated rings. The van der Waals surface area contributed by atoms with E-state index in [2.05, 4.69) is 0 Å². The number of carbonyl (C=O) groups is 2. The van der Waals surface area contributed by atoms with E-state index in [-0.39, 0.29) is 17.7 Å². The molecule has 0 unspecified atom stereocenters. The van der Waals surface area contributed by atoms with Crippen molar-refractivity contribution in [3.05, 3.63) is 82.9 Å². The molecule has 24 heavy (non-hydrogen) atoms. The van der Waals surface area contributed by atoms with Gasteiger partial charge in [-0.3, -0.25) is 9.59 Å². The molecule has 1 heterocycles. The summed E-state index contributed by atoms with van der Waals surface area (Å²) in [6.07, 6.45) is 0. The molecule has 0 spiro atoms. The number of aliphatic hydroxyl groups excluding tert-OH is 1. The molecular formula is C19H16FNO3. The molecule has 0 saturated heterocycles. The Bertz CT molecular complexity index is 830. The quantitative estimate of drug-likeness (QED) is 0.938. The molecule has 1 amide bonds. The standard InChI is InChI=1S/C19H16FNO3/c1-12(22)16-17(14-9-5-6-10-15(14)20)21(19(24)18(16)23)11-13-7-3-2-4-8-13/h2-10,17,23H,11H2,1H3/t17-/m0/s1. The molecule has 122 valence electrons. The summed E-state index contributed by atoms with van der Waals surface area (Å²) in [4.78, 5) is 25.8. The van der Waals surface area contributed by atoms with Gasteiger partial charge in [-0.25, -0.2) is 4.39 Å². The Morgan fingerprint density at radius 1 is 1.12 bits per heavy atom. The number of halogens is 1. The third-order valence-electron chi connectivity index (χ3n) is 4.08. The van der Waals surface area contributed by atoms with Crippen LogP contribution in [0, 0.1) is 5.82 Å². The van der Waals surface area contributed by atoms with Gasteiger partial charge in [-0.2, -0.15) is 0 Å². The molecule has 4 nitrogen and oxygen atoms in total. The molecule has 0 bridgehead atoms. The summed E-state index contributed by atoms with van der Waals surface area (Å²) in [6, 6.07) is 14.2. The summed E-state index contributed by atoms with van der Waals surface area (Å²) in [7, 11) is 0. The molecule has 3 rings (SSSR count). The van der Waals surface area contributed by atoms with Crippen molar-refractivity contribution >= 4 is 11.7 Å². The average Bonchev–Trinajstić information content (AvgIpc) is 2.81. The van der Waals surface area contributed by atoms with Crippen molar-refractivity contribution in [1.29, 1.82) is 0 Å². The van der Waals surface area contributed by atoms with E-state index in [0.29, 0.717) is 0 Å². The van der Waals surface area contributed by atoms with Crippen molar-refractivity contribution < 1.29 is 19.1 Å². The minimum atomic E-state index is -0.934. The van der Waals surface area contributed by atoms with E-state index in [1.54, 1.807) is 6.07 Å². The Hall–Kier alpha value is -2.95. The van der Waals surface area contributed by atoms with E-state index in [9.17, 15) is 19.1 Å². The molecule has 1 aliphatic rings. The van der Waals surface area contributed by atoms with Crippen LogP contribution in [0.15, 0.2) is 65.9 Å². The Kier molecular flexibility index (Phi) is 4.16. The SMILES string of the molecule is CC(=O)C1=C(O)C(=O)N(Cc2ccccc2)[C@H]1c1ccccc1F. The summed E-state index contributed by atoms with van der Waals surface area (Å²) in [5.41, 5.74) is 0.946. The second-order valence-corrected chi connectivity index (χ2v) is 5.66. The van der Waals surface area contributed by atoms with Gasteiger partial charge >= 0.3 is 0 Å². The minimum absolute atomic E-state index is 0.0685. The van der Waals surface area contributed by atoms with Gasteiger partial charge in [0.1, 0.15) is 5.82 Å². The molecule has 0 aliphatic carbocycles. The summed E-state index contributed by atoms with van der Waals surface area (Å²) in [5.74, 6) is -2.25. The topological polar surface area (TPSA) is 57.6 Å². The van der Waals surface area contributed by atoms with Crippen molar-refractivity contribution in [2.75, 3.05) is 0 Å². The highest BCUT2D eigenvalue weighted by Crippen LogP contribution is 2.39. The fraction of sp³-hybridized carbons (Fsp3) is 0.158. The number of carbonyl (C=O) groups excluding carboxylic acids is 2. The van der Waals surface area contributed by atoms with Crippen molar-refractivity contribution in [3.8, 4) is 0 Å². The van der Waals surface area contributed by atoms with E-state index in [4.69, 9.17) is 0 Å². The zero-order valence-electron chi connectivity index (χ0n) is 13.1. The van der Waals surface area contributed by atoms with Crippen LogP contribution in [0.2, 0.25) is 0 Å². The predicted octanol–water partition coefficient (Wildman–Crippen LogP) is 3.31. The van der Waals surface area contributed by atoms with E-state index in [1.807, 2.05) is 30.3 Å². The predicted molar refractivity (Wildman–Crippen MR) is 86.5 cm³/mol. The van der Waals surface area contributed by atoms with Crippen molar-refractivity contribution in [3.63, 3.8) is 0 Å². The first-order valence-corrected chi connectivity index (χ1v) is 7.54. The van der Waals surface area contributed by atoms with E-state index in [1.165, 1.54) is 30.0 Å². The number of aliphatic hydroxyl groups is 1. The maximum absolute atomic E-state index is 14.3. The van der Waals surface area contributed by atoms with E-state index >= 15 is 0 Å². The van der Waals surface area contributed by atoms with Gasteiger partial charge in [0.15, 0.2) is 11.5 Å². The normalized spacial score (nSPS) is 17.5. The van der Waals surface area contributed by atoms with Gasteiger partial charge in [0, 0.05) is 12.1 Å². The fourth-order valence-electron chi connectivity index (χ4n) is 2.98. The summed E-state index contributed by atoms with van der Waals surface area (Å²) >= 11 is 0. The van der Waals surface area contributed by atoms with Crippen molar-refractivity contribution in [2.24, 2.45) is 0 Å². The highest BCUT2D eigenvalue weighted by atomic mass is 19.1. The lowest BCUT2D eigenvalue weighted by molar-refractivity contribution is -0.130. The second-order valence-electron chi connectivity index (χ2n) is 5.66. The Morgan fingerprint density at radius 2 is 1.75 bits per heavy atom. The molecule has 1 N–H and O–H groups in total. The van der Waals surface area contributed by atoms with Crippen LogP contribution in [0.25, 0.3) is 0 Å². The molecular weight excluding hydrogens is 309 g/mol. The van der Waals surface area contributed by atoms with Crippen LogP contribution >= 0.6 is 0 Å². The van der Waals surface area contributed by atoms with Crippen LogP contribution in [-0.4, -0.2) is 21.7 Å². The van der Waals surface area contributed by atoms with Crippen LogP contribution in [0.5, 0.6) is 0 Å². The van der Waals surface area contributed by atoms with Gasteiger partial charge < -0.3 is 10.0 Å². The zero-order chi connectivity index (χ0) is 17.3. The van der Waals surface area contributed by atoms with Crippen molar-refractivity contribution in [2.45, 2.75) is 19.5 Å². The molecule has 1 atom stereocenters. The van der Waals surface area contributed by atoms with Crippen LogP contribution in [0.3, 0.4) is 0 Å². The van der Waals surface area contributed by atoms with Gasteiger partial charge in [0.25, 0.3) is 5.91 Å². The number of ketones is 1. The molecule has 1 aliphatic heterocycles. The highest BCUT2D eigenvalue weighted by Gasteiger charge is 2.43.